The molecular weight excluding hydrogens is 298 g/mol. The average Bonchev–Trinajstić information content (AvgIpc) is 2.51. The molecular formula is C16H19N3O4. The van der Waals surface area contributed by atoms with Gasteiger partial charge in [0.1, 0.15) is 5.92 Å². The molecule has 1 fully saturated rings. The molecule has 1 aromatic carbocycles. The lowest BCUT2D eigenvalue weighted by atomic mass is 9.99. The molecule has 1 aliphatic rings. The fourth-order valence-corrected chi connectivity index (χ4v) is 2.38. The van der Waals surface area contributed by atoms with Crippen molar-refractivity contribution in [2.75, 3.05) is 19.4 Å². The molecule has 0 unspecified atom stereocenters. The maximum atomic E-state index is 12.1. The quantitative estimate of drug-likeness (QED) is 0.851. The van der Waals surface area contributed by atoms with Crippen LogP contribution in [0.5, 0.6) is 0 Å². The lowest BCUT2D eigenvalue weighted by Gasteiger charge is -2.32. The van der Waals surface area contributed by atoms with Crippen LogP contribution in [0.4, 0.5) is 10.5 Å². The number of nitrogens with one attached hydrogen (secondary N) is 1. The predicted octanol–water partition coefficient (Wildman–Crippen LogP) is 1.30. The molecule has 0 saturated carbocycles. The van der Waals surface area contributed by atoms with Crippen molar-refractivity contribution in [2.45, 2.75) is 20.3 Å². The number of hydrogen-bond acceptors (Lipinski definition) is 4. The third kappa shape index (κ3) is 3.23. The number of nitrogens with zero attached hydrogens (tertiary/aromatic N) is 2. The third-order valence-electron chi connectivity index (χ3n) is 4.01. The van der Waals surface area contributed by atoms with Gasteiger partial charge in [-0.2, -0.15) is 0 Å². The third-order valence-corrected chi connectivity index (χ3v) is 4.01. The fraction of sp³-hybridized carbons (Fsp3) is 0.375. The lowest BCUT2D eigenvalue weighted by Crippen LogP contribution is -2.57. The molecule has 0 radical (unpaired) electrons. The summed E-state index contributed by atoms with van der Waals surface area (Å²) in [4.78, 5) is 49.6. The highest BCUT2D eigenvalue weighted by Gasteiger charge is 2.43. The number of hydrogen-bond donors (Lipinski definition) is 1. The zero-order chi connectivity index (χ0) is 17.3. The predicted molar refractivity (Wildman–Crippen MR) is 83.6 cm³/mol. The number of anilines is 1. The van der Waals surface area contributed by atoms with E-state index in [0.717, 1.165) is 20.9 Å². The zero-order valence-corrected chi connectivity index (χ0v) is 13.5. The maximum Gasteiger partial charge on any atom is 0.332 e. The molecule has 23 heavy (non-hydrogen) atoms. The minimum Gasteiger partial charge on any atom is -0.326 e. The van der Waals surface area contributed by atoms with Crippen LogP contribution in [0, 0.1) is 19.8 Å². The van der Waals surface area contributed by atoms with Crippen LogP contribution >= 0.6 is 0 Å². The van der Waals surface area contributed by atoms with Gasteiger partial charge in [-0.15, -0.1) is 0 Å². The van der Waals surface area contributed by atoms with Crippen molar-refractivity contribution in [3.8, 4) is 0 Å². The van der Waals surface area contributed by atoms with Crippen LogP contribution < -0.4 is 5.32 Å². The van der Waals surface area contributed by atoms with E-state index in [1.54, 1.807) is 6.07 Å². The molecule has 7 heteroatoms. The van der Waals surface area contributed by atoms with E-state index in [1.807, 2.05) is 26.0 Å². The van der Waals surface area contributed by atoms with Crippen LogP contribution in [0.15, 0.2) is 18.2 Å². The van der Waals surface area contributed by atoms with Gasteiger partial charge in [0.2, 0.25) is 17.7 Å². The first-order valence-corrected chi connectivity index (χ1v) is 7.18. The van der Waals surface area contributed by atoms with Gasteiger partial charge in [-0.25, -0.2) is 4.79 Å². The summed E-state index contributed by atoms with van der Waals surface area (Å²) in [6.45, 7) is 3.89. The molecule has 1 N–H and O–H groups in total. The van der Waals surface area contributed by atoms with Gasteiger partial charge in [-0.05, 0) is 37.1 Å². The highest BCUT2D eigenvalue weighted by molar-refractivity contribution is 6.17. The van der Waals surface area contributed by atoms with E-state index in [1.165, 1.54) is 14.1 Å². The van der Waals surface area contributed by atoms with Gasteiger partial charge in [-0.3, -0.25) is 24.2 Å². The second-order valence-corrected chi connectivity index (χ2v) is 5.68. The monoisotopic (exact) mass is 317 g/mol. The van der Waals surface area contributed by atoms with Gasteiger partial charge in [0.05, 0.1) is 0 Å². The molecule has 122 valence electrons. The van der Waals surface area contributed by atoms with Crippen LogP contribution in [-0.2, 0) is 14.4 Å². The van der Waals surface area contributed by atoms with E-state index in [-0.39, 0.29) is 6.42 Å². The summed E-state index contributed by atoms with van der Waals surface area (Å²) in [6.07, 6.45) is -0.299. The van der Waals surface area contributed by atoms with E-state index in [0.29, 0.717) is 5.69 Å². The Kier molecular flexibility index (Phi) is 4.49. The summed E-state index contributed by atoms with van der Waals surface area (Å²) in [6, 6.07) is 4.76. The summed E-state index contributed by atoms with van der Waals surface area (Å²) in [5.74, 6) is -2.94. The van der Waals surface area contributed by atoms with Crippen molar-refractivity contribution in [2.24, 2.45) is 5.92 Å². The Labute approximate surface area is 134 Å². The molecule has 7 nitrogen and oxygen atoms in total. The summed E-state index contributed by atoms with van der Waals surface area (Å²) >= 11 is 0. The number of urea groups is 1. The van der Waals surface area contributed by atoms with Crippen molar-refractivity contribution < 1.29 is 19.2 Å². The Morgan fingerprint density at radius 1 is 1.04 bits per heavy atom. The summed E-state index contributed by atoms with van der Waals surface area (Å²) in [5, 5.41) is 2.67. The van der Waals surface area contributed by atoms with E-state index in [9.17, 15) is 19.2 Å². The number of rotatable bonds is 3. The average molecular weight is 317 g/mol. The Balaban J connectivity index is 2.09. The molecule has 1 aliphatic heterocycles. The molecule has 0 aromatic heterocycles. The minimum atomic E-state index is -1.17. The first-order valence-electron chi connectivity index (χ1n) is 7.18. The summed E-state index contributed by atoms with van der Waals surface area (Å²) < 4.78 is 0. The molecule has 0 aliphatic carbocycles. The van der Waals surface area contributed by atoms with Crippen LogP contribution in [0.3, 0.4) is 0 Å². The number of benzene rings is 1. The van der Waals surface area contributed by atoms with E-state index in [2.05, 4.69) is 5.32 Å². The van der Waals surface area contributed by atoms with Gasteiger partial charge < -0.3 is 5.32 Å². The van der Waals surface area contributed by atoms with E-state index >= 15 is 0 Å². The van der Waals surface area contributed by atoms with E-state index < -0.39 is 29.7 Å². The Bertz CT molecular complexity index is 675. The Morgan fingerprint density at radius 3 is 2.13 bits per heavy atom. The molecule has 0 spiro atoms. The summed E-state index contributed by atoms with van der Waals surface area (Å²) in [5.41, 5.74) is 2.73. The van der Waals surface area contributed by atoms with Crippen molar-refractivity contribution in [3.05, 3.63) is 29.3 Å². The van der Waals surface area contributed by atoms with Gasteiger partial charge in [-0.1, -0.05) is 6.07 Å². The molecule has 5 amide bonds. The van der Waals surface area contributed by atoms with Crippen molar-refractivity contribution in [1.29, 1.82) is 0 Å². The topological polar surface area (TPSA) is 86.8 Å². The summed E-state index contributed by atoms with van der Waals surface area (Å²) in [7, 11) is 2.59. The molecule has 0 bridgehead atoms. The van der Waals surface area contributed by atoms with Gasteiger partial charge in [0.25, 0.3) is 0 Å². The second-order valence-electron chi connectivity index (χ2n) is 5.68. The zero-order valence-electron chi connectivity index (χ0n) is 13.5. The highest BCUT2D eigenvalue weighted by Crippen LogP contribution is 2.20. The molecule has 0 atom stereocenters. The number of aryl methyl sites for hydroxylation is 2. The van der Waals surface area contributed by atoms with E-state index in [4.69, 9.17) is 0 Å². The van der Waals surface area contributed by atoms with Gasteiger partial charge in [0.15, 0.2) is 0 Å². The first kappa shape index (κ1) is 16.7. The van der Waals surface area contributed by atoms with Crippen molar-refractivity contribution in [1.82, 2.24) is 9.80 Å². The van der Waals surface area contributed by atoms with Crippen LogP contribution in [0.25, 0.3) is 0 Å². The smallest absolute Gasteiger partial charge is 0.326 e. The molecule has 1 aromatic rings. The molecule has 1 saturated heterocycles. The fourth-order valence-electron chi connectivity index (χ4n) is 2.38. The van der Waals surface area contributed by atoms with Crippen molar-refractivity contribution >= 4 is 29.4 Å². The largest absolute Gasteiger partial charge is 0.332 e. The SMILES string of the molecule is Cc1ccc(NC(=O)CC2C(=O)N(C)C(=O)N(C)C2=O)cc1C. The molecule has 1 heterocycles. The standard InChI is InChI=1S/C16H19N3O4/c1-9-5-6-11(7-10(9)2)17-13(20)8-12-14(21)18(3)16(23)19(4)15(12)22/h5-7,12H,8H2,1-4H3,(H,17,20). The number of imide groups is 2. The number of carbonyl (C=O) groups excluding carboxylic acids is 4. The molecule has 2 rings (SSSR count). The lowest BCUT2D eigenvalue weighted by molar-refractivity contribution is -0.149. The normalized spacial score (nSPS) is 16.1. The second kappa shape index (κ2) is 6.20. The number of amides is 5. The van der Waals surface area contributed by atoms with Crippen LogP contribution in [0.1, 0.15) is 17.5 Å². The first-order chi connectivity index (χ1) is 10.7. The Morgan fingerprint density at radius 2 is 1.61 bits per heavy atom. The number of barbiturate groups is 1. The van der Waals surface area contributed by atoms with Gasteiger partial charge in [0, 0.05) is 26.2 Å². The van der Waals surface area contributed by atoms with Crippen molar-refractivity contribution in [3.63, 3.8) is 0 Å². The number of carbonyl (C=O) groups is 4. The van der Waals surface area contributed by atoms with Crippen LogP contribution in [-0.4, -0.2) is 47.6 Å². The minimum absolute atomic E-state index is 0.299. The Hall–Kier alpha value is -2.70. The maximum absolute atomic E-state index is 12.1. The van der Waals surface area contributed by atoms with Crippen LogP contribution in [0.2, 0.25) is 0 Å². The van der Waals surface area contributed by atoms with Gasteiger partial charge >= 0.3 is 6.03 Å². The highest BCUT2D eigenvalue weighted by atomic mass is 16.2.